The molecule has 11 aromatic rings. The van der Waals surface area contributed by atoms with Gasteiger partial charge in [0.05, 0.1) is 6.57 Å². The third-order valence-corrected chi connectivity index (χ3v) is 13.1. The van der Waals surface area contributed by atoms with Gasteiger partial charge in [0.15, 0.2) is 23.2 Å². The van der Waals surface area contributed by atoms with E-state index < -0.39 is 0 Å². The molecule has 0 radical (unpaired) electrons. The zero-order valence-electron chi connectivity index (χ0n) is 34.8. The summed E-state index contributed by atoms with van der Waals surface area (Å²) < 4.78 is 0. The van der Waals surface area contributed by atoms with Crippen molar-refractivity contribution < 1.29 is 0 Å². The predicted octanol–water partition coefficient (Wildman–Crippen LogP) is 15.7. The molecule has 0 saturated heterocycles. The molecule has 12 rings (SSSR count). The lowest BCUT2D eigenvalue weighted by molar-refractivity contribution is 0.660. The van der Waals surface area contributed by atoms with Crippen molar-refractivity contribution in [1.29, 1.82) is 0 Å². The highest BCUT2D eigenvalue weighted by Gasteiger charge is 2.35. The number of hydrogen-bond acceptors (Lipinski definition) is 3. The van der Waals surface area contributed by atoms with Gasteiger partial charge in [-0.05, 0) is 112 Å². The molecule has 1 heterocycles. The minimum atomic E-state index is -0.150. The highest BCUT2D eigenvalue weighted by molar-refractivity contribution is 6.25. The van der Waals surface area contributed by atoms with E-state index in [4.69, 9.17) is 21.5 Å². The number of hydrogen-bond donors (Lipinski definition) is 0. The third kappa shape index (κ3) is 5.78. The molecule has 4 heteroatoms. The van der Waals surface area contributed by atoms with Crippen LogP contribution in [0.15, 0.2) is 194 Å². The minimum Gasteiger partial charge on any atom is -0.238 e. The summed E-state index contributed by atoms with van der Waals surface area (Å²) in [5, 5.41) is 9.12. The van der Waals surface area contributed by atoms with E-state index in [-0.39, 0.29) is 5.41 Å². The third-order valence-electron chi connectivity index (χ3n) is 13.1. The van der Waals surface area contributed by atoms with E-state index in [2.05, 4.69) is 182 Å². The Bertz CT molecular complexity index is 3730. The standard InChI is InChI=1S/C59H38N4/c1-59(2)53-27-14-13-25-46(53)47-29-28-39(33-54(47)59)58-62-56(36-16-5-4-6-17-36)61-57(63-58)38-19-15-18-37(32-38)49-34-51-44-24-10-9-23-43(44)50(35-52(51)42-22-8-7-21-41(42)49)45-30-31-55(60-3)48-26-12-11-20-40(45)48/h4-35H,1-2H3. The molecule has 1 aliphatic rings. The van der Waals surface area contributed by atoms with Crippen molar-refractivity contribution in [3.05, 3.63) is 217 Å². The Balaban J connectivity index is 1.03. The Hall–Kier alpha value is -8.26. The van der Waals surface area contributed by atoms with E-state index in [0.717, 1.165) is 49.7 Å². The van der Waals surface area contributed by atoms with Gasteiger partial charge in [0.1, 0.15) is 0 Å². The first kappa shape index (κ1) is 36.6. The Morgan fingerprint density at radius 1 is 0.333 bits per heavy atom. The topological polar surface area (TPSA) is 43.0 Å². The van der Waals surface area contributed by atoms with Gasteiger partial charge in [-0.1, -0.05) is 184 Å². The molecule has 0 bridgehead atoms. The maximum Gasteiger partial charge on any atom is 0.194 e. The lowest BCUT2D eigenvalue weighted by Crippen LogP contribution is -2.15. The van der Waals surface area contributed by atoms with Gasteiger partial charge >= 0.3 is 0 Å². The van der Waals surface area contributed by atoms with Gasteiger partial charge in [0.2, 0.25) is 0 Å². The van der Waals surface area contributed by atoms with E-state index in [9.17, 15) is 0 Å². The summed E-state index contributed by atoms with van der Waals surface area (Å²) >= 11 is 0. The molecule has 0 spiro atoms. The summed E-state index contributed by atoms with van der Waals surface area (Å²) in [5.41, 5.74) is 13.0. The fraction of sp³-hybridized carbons (Fsp3) is 0.0508. The van der Waals surface area contributed by atoms with Crippen LogP contribution in [0.4, 0.5) is 5.69 Å². The van der Waals surface area contributed by atoms with Gasteiger partial charge in [-0.3, -0.25) is 0 Å². The maximum absolute atomic E-state index is 7.84. The van der Waals surface area contributed by atoms with Crippen LogP contribution in [0.1, 0.15) is 25.0 Å². The number of fused-ring (bicyclic) bond motifs is 9. The van der Waals surface area contributed by atoms with Crippen molar-refractivity contribution in [2.75, 3.05) is 0 Å². The fourth-order valence-corrected chi connectivity index (χ4v) is 10.0. The van der Waals surface area contributed by atoms with Crippen molar-refractivity contribution in [2.45, 2.75) is 19.3 Å². The molecule has 294 valence electrons. The summed E-state index contributed by atoms with van der Waals surface area (Å²) in [5.74, 6) is 1.91. The van der Waals surface area contributed by atoms with Crippen molar-refractivity contribution in [3.63, 3.8) is 0 Å². The van der Waals surface area contributed by atoms with Crippen LogP contribution in [0.25, 0.3) is 115 Å². The fourth-order valence-electron chi connectivity index (χ4n) is 10.0. The zero-order chi connectivity index (χ0) is 42.2. The van der Waals surface area contributed by atoms with Crippen molar-refractivity contribution in [3.8, 4) is 67.5 Å². The number of nitrogens with zero attached hydrogens (tertiary/aromatic N) is 4. The van der Waals surface area contributed by atoms with Crippen LogP contribution in [0.2, 0.25) is 0 Å². The summed E-state index contributed by atoms with van der Waals surface area (Å²) in [4.78, 5) is 19.4. The minimum absolute atomic E-state index is 0.150. The number of benzene rings is 10. The van der Waals surface area contributed by atoms with Crippen LogP contribution in [-0.4, -0.2) is 15.0 Å². The quantitative estimate of drug-likeness (QED) is 0.129. The van der Waals surface area contributed by atoms with Crippen LogP contribution in [0, 0.1) is 6.57 Å². The summed E-state index contributed by atoms with van der Waals surface area (Å²) in [6, 6.07) is 68.7. The van der Waals surface area contributed by atoms with Crippen molar-refractivity contribution >= 4 is 48.8 Å². The van der Waals surface area contributed by atoms with Crippen LogP contribution >= 0.6 is 0 Å². The Labute approximate surface area is 365 Å². The SMILES string of the molecule is [C-]#[N+]c1ccc(-c2cc3c4ccccc4c(-c4cccc(-c5nc(-c6ccccc6)nc(-c6ccc7c(c6)C(C)(C)c6ccccc6-7)n5)c4)cc3c3ccccc23)c2ccccc12. The van der Waals surface area contributed by atoms with E-state index in [1.165, 1.54) is 54.6 Å². The van der Waals surface area contributed by atoms with Gasteiger partial charge in [-0.15, -0.1) is 0 Å². The first-order valence-corrected chi connectivity index (χ1v) is 21.4. The van der Waals surface area contributed by atoms with E-state index in [0.29, 0.717) is 23.2 Å². The highest BCUT2D eigenvalue weighted by atomic mass is 15.0. The molecule has 1 aliphatic carbocycles. The molecule has 0 atom stereocenters. The molecular formula is C59H38N4. The van der Waals surface area contributed by atoms with Gasteiger partial charge in [-0.25, -0.2) is 19.8 Å². The molecule has 10 aromatic carbocycles. The molecule has 0 amide bonds. The molecule has 63 heavy (non-hydrogen) atoms. The molecule has 0 fully saturated rings. The van der Waals surface area contributed by atoms with E-state index in [1.807, 2.05) is 30.3 Å². The van der Waals surface area contributed by atoms with Crippen LogP contribution in [-0.2, 0) is 5.41 Å². The average molecular weight is 803 g/mol. The smallest absolute Gasteiger partial charge is 0.194 e. The van der Waals surface area contributed by atoms with Crippen LogP contribution in [0.3, 0.4) is 0 Å². The van der Waals surface area contributed by atoms with Crippen LogP contribution < -0.4 is 0 Å². The Morgan fingerprint density at radius 3 is 1.52 bits per heavy atom. The molecular weight excluding hydrogens is 765 g/mol. The molecule has 0 saturated carbocycles. The first-order chi connectivity index (χ1) is 30.9. The lowest BCUT2D eigenvalue weighted by Gasteiger charge is -2.21. The first-order valence-electron chi connectivity index (χ1n) is 21.4. The number of rotatable bonds is 5. The normalized spacial score (nSPS) is 12.7. The Morgan fingerprint density at radius 2 is 0.825 bits per heavy atom. The highest BCUT2D eigenvalue weighted by Crippen LogP contribution is 2.50. The predicted molar refractivity (Wildman–Crippen MR) is 261 cm³/mol. The molecule has 0 aliphatic heterocycles. The zero-order valence-corrected chi connectivity index (χ0v) is 34.8. The van der Waals surface area contributed by atoms with Gasteiger partial charge < -0.3 is 0 Å². The molecule has 0 unspecified atom stereocenters. The van der Waals surface area contributed by atoms with Gasteiger partial charge in [0.25, 0.3) is 0 Å². The molecule has 4 nitrogen and oxygen atoms in total. The summed E-state index contributed by atoms with van der Waals surface area (Å²) in [7, 11) is 0. The summed E-state index contributed by atoms with van der Waals surface area (Å²) in [6.07, 6.45) is 0. The maximum atomic E-state index is 7.84. The van der Waals surface area contributed by atoms with Gasteiger partial charge in [-0.2, -0.15) is 0 Å². The second-order valence-electron chi connectivity index (χ2n) is 17.0. The van der Waals surface area contributed by atoms with E-state index in [1.54, 1.807) is 0 Å². The largest absolute Gasteiger partial charge is 0.238 e. The van der Waals surface area contributed by atoms with E-state index >= 15 is 0 Å². The molecule has 0 N–H and O–H groups in total. The van der Waals surface area contributed by atoms with Crippen LogP contribution in [0.5, 0.6) is 0 Å². The second-order valence-corrected chi connectivity index (χ2v) is 17.0. The van der Waals surface area contributed by atoms with Crippen molar-refractivity contribution in [1.82, 2.24) is 15.0 Å². The van der Waals surface area contributed by atoms with Gasteiger partial charge in [0, 0.05) is 22.1 Å². The molecule has 1 aromatic heterocycles. The monoisotopic (exact) mass is 802 g/mol. The summed E-state index contributed by atoms with van der Waals surface area (Å²) in [6.45, 7) is 12.4. The Kier molecular flexibility index (Phi) is 8.22. The van der Waals surface area contributed by atoms with Crippen molar-refractivity contribution in [2.24, 2.45) is 0 Å². The lowest BCUT2D eigenvalue weighted by atomic mass is 9.82. The second kappa shape index (κ2) is 14.2. The average Bonchev–Trinajstić information content (AvgIpc) is 3.58. The number of aromatic nitrogens is 3.